The maximum Gasteiger partial charge on any atom is 0.330 e. The number of aliphatic hydroxyl groups excluding tert-OH is 1. The molecule has 220 valence electrons. The molecule has 0 aliphatic carbocycles. The SMILES string of the molecule is CCc1cnc(N2CCC(n3cc(F)c4c(Nc5ccc(C(=O)NC(CO)C(=O)OC)cc5F)ncnc43)CC2)nc1. The second-order valence-corrected chi connectivity index (χ2v) is 9.82. The van der Waals surface area contributed by atoms with Gasteiger partial charge in [-0.15, -0.1) is 0 Å². The minimum atomic E-state index is -1.29. The van der Waals surface area contributed by atoms with Crippen LogP contribution in [0.25, 0.3) is 11.0 Å². The van der Waals surface area contributed by atoms with Gasteiger partial charge in [-0.3, -0.25) is 4.79 Å². The number of anilines is 3. The minimum absolute atomic E-state index is 0.0202. The molecule has 0 saturated carbocycles. The van der Waals surface area contributed by atoms with E-state index in [1.165, 1.54) is 24.7 Å². The summed E-state index contributed by atoms with van der Waals surface area (Å²) in [7, 11) is 1.12. The molecule has 1 fully saturated rings. The molecule has 4 heterocycles. The van der Waals surface area contributed by atoms with Crippen molar-refractivity contribution in [3.8, 4) is 0 Å². The number of benzene rings is 1. The number of rotatable bonds is 9. The summed E-state index contributed by atoms with van der Waals surface area (Å²) in [6.07, 6.45) is 8.64. The largest absolute Gasteiger partial charge is 0.467 e. The van der Waals surface area contributed by atoms with Crippen LogP contribution in [-0.4, -0.2) is 74.3 Å². The Bertz CT molecular complexity index is 1590. The van der Waals surface area contributed by atoms with E-state index in [9.17, 15) is 14.7 Å². The molecule has 1 atom stereocenters. The van der Waals surface area contributed by atoms with Gasteiger partial charge in [0.2, 0.25) is 5.95 Å². The third-order valence-electron chi connectivity index (χ3n) is 7.26. The van der Waals surface area contributed by atoms with E-state index in [1.54, 1.807) is 4.57 Å². The van der Waals surface area contributed by atoms with Crippen LogP contribution in [0, 0.1) is 11.6 Å². The summed E-state index contributed by atoms with van der Waals surface area (Å²) in [6.45, 7) is 2.75. The number of carbonyl (C=O) groups is 2. The van der Waals surface area contributed by atoms with Crippen LogP contribution in [0.5, 0.6) is 0 Å². The first-order valence-corrected chi connectivity index (χ1v) is 13.5. The molecule has 14 heteroatoms. The van der Waals surface area contributed by atoms with Gasteiger partial charge >= 0.3 is 5.97 Å². The van der Waals surface area contributed by atoms with Crippen LogP contribution in [0.15, 0.2) is 43.1 Å². The summed E-state index contributed by atoms with van der Waals surface area (Å²) in [4.78, 5) is 43.6. The molecule has 1 amide bonds. The molecular formula is C28H30F2N8O4. The summed E-state index contributed by atoms with van der Waals surface area (Å²) >= 11 is 0. The third-order valence-corrected chi connectivity index (χ3v) is 7.26. The van der Waals surface area contributed by atoms with Gasteiger partial charge in [-0.25, -0.2) is 33.5 Å². The third kappa shape index (κ3) is 5.84. The second kappa shape index (κ2) is 12.4. The maximum atomic E-state index is 15.3. The van der Waals surface area contributed by atoms with E-state index in [-0.39, 0.29) is 28.5 Å². The summed E-state index contributed by atoms with van der Waals surface area (Å²) in [5.74, 6) is -2.25. The number of piperidine rings is 1. The van der Waals surface area contributed by atoms with E-state index in [0.717, 1.165) is 38.0 Å². The second-order valence-electron chi connectivity index (χ2n) is 9.82. The highest BCUT2D eigenvalue weighted by molar-refractivity contribution is 5.97. The number of hydrogen-bond donors (Lipinski definition) is 3. The van der Waals surface area contributed by atoms with Crippen molar-refractivity contribution in [1.29, 1.82) is 0 Å². The highest BCUT2D eigenvalue weighted by Crippen LogP contribution is 2.33. The highest BCUT2D eigenvalue weighted by Gasteiger charge is 2.26. The van der Waals surface area contributed by atoms with E-state index in [2.05, 4.69) is 40.2 Å². The van der Waals surface area contributed by atoms with Gasteiger partial charge in [0.15, 0.2) is 11.9 Å². The Balaban J connectivity index is 1.31. The average molecular weight is 581 g/mol. The van der Waals surface area contributed by atoms with Crippen molar-refractivity contribution in [2.45, 2.75) is 38.3 Å². The number of nitrogens with zero attached hydrogens (tertiary/aromatic N) is 6. The number of aromatic nitrogens is 5. The lowest BCUT2D eigenvalue weighted by Crippen LogP contribution is -2.44. The summed E-state index contributed by atoms with van der Waals surface area (Å²) < 4.78 is 36.6. The van der Waals surface area contributed by atoms with Crippen molar-refractivity contribution < 1.29 is 28.2 Å². The number of ether oxygens (including phenoxy) is 1. The molecule has 1 aliphatic heterocycles. The number of nitrogens with one attached hydrogen (secondary N) is 2. The van der Waals surface area contributed by atoms with Crippen molar-refractivity contribution >= 4 is 40.4 Å². The summed E-state index contributed by atoms with van der Waals surface area (Å²) in [5.41, 5.74) is 1.30. The Hall–Kier alpha value is -4.72. The van der Waals surface area contributed by atoms with Crippen molar-refractivity contribution in [1.82, 2.24) is 29.8 Å². The number of methoxy groups -OCH3 is 1. The fourth-order valence-corrected chi connectivity index (χ4v) is 4.90. The Kier molecular flexibility index (Phi) is 8.52. The predicted octanol–water partition coefficient (Wildman–Crippen LogP) is 2.91. The number of hydrogen-bond acceptors (Lipinski definition) is 10. The number of esters is 1. The van der Waals surface area contributed by atoms with Gasteiger partial charge in [0.05, 0.1) is 24.8 Å². The molecule has 4 aromatic rings. The number of halogens is 2. The maximum absolute atomic E-state index is 15.3. The van der Waals surface area contributed by atoms with E-state index >= 15 is 8.78 Å². The van der Waals surface area contributed by atoms with Crippen LogP contribution in [-0.2, 0) is 16.0 Å². The average Bonchev–Trinajstić information content (AvgIpc) is 3.37. The molecule has 1 aliphatic rings. The molecule has 5 rings (SSSR count). The van der Waals surface area contributed by atoms with Gasteiger partial charge in [-0.1, -0.05) is 6.92 Å². The lowest BCUT2D eigenvalue weighted by molar-refractivity contribution is -0.143. The first kappa shape index (κ1) is 28.8. The number of aryl methyl sites for hydroxylation is 1. The zero-order valence-electron chi connectivity index (χ0n) is 23.0. The Morgan fingerprint density at radius 1 is 1.12 bits per heavy atom. The van der Waals surface area contributed by atoms with E-state index < -0.39 is 36.2 Å². The van der Waals surface area contributed by atoms with E-state index in [4.69, 9.17) is 0 Å². The highest BCUT2D eigenvalue weighted by atomic mass is 19.1. The van der Waals surface area contributed by atoms with E-state index in [0.29, 0.717) is 24.7 Å². The summed E-state index contributed by atoms with van der Waals surface area (Å²) in [5, 5.41) is 14.5. The first-order chi connectivity index (χ1) is 20.3. The number of fused-ring (bicyclic) bond motifs is 1. The Labute approximate surface area is 239 Å². The number of amides is 1. The van der Waals surface area contributed by atoms with Crippen molar-refractivity contribution in [3.05, 3.63) is 65.9 Å². The lowest BCUT2D eigenvalue weighted by atomic mass is 10.1. The first-order valence-electron chi connectivity index (χ1n) is 13.5. The molecule has 12 nitrogen and oxygen atoms in total. The van der Waals surface area contributed by atoms with Crippen LogP contribution in [0.1, 0.15) is 41.7 Å². The Morgan fingerprint density at radius 3 is 2.50 bits per heavy atom. The van der Waals surface area contributed by atoms with Gasteiger partial charge in [0.25, 0.3) is 5.91 Å². The molecule has 1 aromatic carbocycles. The van der Waals surface area contributed by atoms with Crippen molar-refractivity contribution in [2.75, 3.05) is 37.0 Å². The van der Waals surface area contributed by atoms with Crippen LogP contribution < -0.4 is 15.5 Å². The standard InChI is InChI=1S/C28H30F2N8O4/c1-3-16-11-31-28(32-12-16)37-8-6-18(7-9-37)38-13-20(30)23-24(33-15-34-25(23)38)35-21-5-4-17(10-19(21)29)26(40)36-22(14-39)27(41)42-2/h4-5,10-13,15,18,22,39H,3,6-9,14H2,1-2H3,(H,36,40)(H,33,34,35). The quantitative estimate of drug-likeness (QED) is 0.253. The number of aliphatic hydroxyl groups is 1. The van der Waals surface area contributed by atoms with Gasteiger partial charge in [-0.2, -0.15) is 0 Å². The molecule has 0 spiro atoms. The molecular weight excluding hydrogens is 550 g/mol. The predicted molar refractivity (Wildman–Crippen MR) is 149 cm³/mol. The number of carbonyl (C=O) groups excluding carboxylic acids is 2. The molecule has 0 radical (unpaired) electrons. The van der Waals surface area contributed by atoms with Crippen LogP contribution in [0.4, 0.5) is 26.2 Å². The van der Waals surface area contributed by atoms with Gasteiger partial charge in [0.1, 0.15) is 23.6 Å². The fourth-order valence-electron chi connectivity index (χ4n) is 4.90. The Morgan fingerprint density at radius 2 is 1.86 bits per heavy atom. The molecule has 1 saturated heterocycles. The fraction of sp³-hybridized carbons (Fsp3) is 0.357. The molecule has 3 N–H and O–H groups in total. The monoisotopic (exact) mass is 580 g/mol. The van der Waals surface area contributed by atoms with E-state index in [1.807, 2.05) is 19.3 Å². The topological polar surface area (TPSA) is 147 Å². The normalized spacial score (nSPS) is 14.5. The molecule has 42 heavy (non-hydrogen) atoms. The van der Waals surface area contributed by atoms with Gasteiger partial charge < -0.3 is 29.9 Å². The van der Waals surface area contributed by atoms with Crippen LogP contribution >= 0.6 is 0 Å². The zero-order chi connectivity index (χ0) is 29.8. The van der Waals surface area contributed by atoms with Crippen LogP contribution in [0.2, 0.25) is 0 Å². The molecule has 0 bridgehead atoms. The van der Waals surface area contributed by atoms with Gasteiger partial charge in [-0.05, 0) is 43.0 Å². The van der Waals surface area contributed by atoms with Gasteiger partial charge in [0, 0.05) is 43.3 Å². The van der Waals surface area contributed by atoms with Crippen molar-refractivity contribution in [3.63, 3.8) is 0 Å². The minimum Gasteiger partial charge on any atom is -0.467 e. The molecule has 1 unspecified atom stereocenters. The van der Waals surface area contributed by atoms with Crippen molar-refractivity contribution in [2.24, 2.45) is 0 Å². The zero-order valence-corrected chi connectivity index (χ0v) is 23.0. The summed E-state index contributed by atoms with van der Waals surface area (Å²) in [6, 6.07) is 2.26. The smallest absolute Gasteiger partial charge is 0.330 e. The lowest BCUT2D eigenvalue weighted by Gasteiger charge is -2.32. The van der Waals surface area contributed by atoms with Crippen LogP contribution in [0.3, 0.4) is 0 Å². The molecule has 3 aromatic heterocycles.